The normalized spacial score (nSPS) is 10.2. The van der Waals surface area contributed by atoms with E-state index in [0.29, 0.717) is 5.75 Å². The van der Waals surface area contributed by atoms with Crippen molar-refractivity contribution in [3.8, 4) is 5.75 Å². The van der Waals surface area contributed by atoms with Gasteiger partial charge >= 0.3 is 11.9 Å². The number of anilines is 1. The van der Waals surface area contributed by atoms with E-state index >= 15 is 0 Å². The van der Waals surface area contributed by atoms with Crippen LogP contribution in [0.4, 0.5) is 5.00 Å². The number of amides is 1. The van der Waals surface area contributed by atoms with Crippen molar-refractivity contribution in [1.82, 2.24) is 5.32 Å². The first-order valence-electron chi connectivity index (χ1n) is 8.50. The highest BCUT2D eigenvalue weighted by Crippen LogP contribution is 2.32. The Morgan fingerprint density at radius 3 is 2.39 bits per heavy atom. The van der Waals surface area contributed by atoms with Crippen molar-refractivity contribution in [2.75, 3.05) is 26.5 Å². The predicted molar refractivity (Wildman–Crippen MR) is 105 cm³/mol. The van der Waals surface area contributed by atoms with Gasteiger partial charge in [-0.05, 0) is 24.6 Å². The number of ether oxygens (including phenoxy) is 3. The van der Waals surface area contributed by atoms with Gasteiger partial charge in [0, 0.05) is 12.6 Å². The number of benzene rings is 1. The zero-order valence-corrected chi connectivity index (χ0v) is 16.7. The summed E-state index contributed by atoms with van der Waals surface area (Å²) in [4.78, 5) is 36.8. The number of hydrogen-bond donors (Lipinski definition) is 2. The summed E-state index contributed by atoms with van der Waals surface area (Å²) in [6.07, 6.45) is 0.0354. The van der Waals surface area contributed by atoms with Crippen LogP contribution >= 0.6 is 11.3 Å². The van der Waals surface area contributed by atoms with Crippen molar-refractivity contribution >= 4 is 34.2 Å². The van der Waals surface area contributed by atoms with Crippen molar-refractivity contribution in [1.29, 1.82) is 0 Å². The molecule has 8 nitrogen and oxygen atoms in total. The zero-order valence-electron chi connectivity index (χ0n) is 15.9. The smallest absolute Gasteiger partial charge is 0.341 e. The molecule has 0 aliphatic heterocycles. The zero-order chi connectivity index (χ0) is 20.7. The van der Waals surface area contributed by atoms with E-state index in [-0.39, 0.29) is 40.6 Å². The van der Waals surface area contributed by atoms with E-state index in [4.69, 9.17) is 19.9 Å². The Labute approximate surface area is 166 Å². The molecule has 150 valence electrons. The van der Waals surface area contributed by atoms with Gasteiger partial charge in [-0.25, -0.2) is 4.79 Å². The monoisotopic (exact) mass is 406 g/mol. The highest BCUT2D eigenvalue weighted by atomic mass is 32.1. The predicted octanol–water partition coefficient (Wildman–Crippen LogP) is 2.16. The summed E-state index contributed by atoms with van der Waals surface area (Å²) in [5.74, 6) is -0.908. The van der Waals surface area contributed by atoms with E-state index in [1.54, 1.807) is 38.3 Å². The molecule has 0 aliphatic carbocycles. The molecule has 2 aromatic rings. The van der Waals surface area contributed by atoms with Gasteiger partial charge in [0.1, 0.15) is 27.8 Å². The Morgan fingerprint density at radius 1 is 1.14 bits per heavy atom. The number of nitrogen functional groups attached to an aromatic ring is 1. The molecular formula is C19H22N2O6S. The molecule has 0 bridgehead atoms. The first-order chi connectivity index (χ1) is 13.4. The van der Waals surface area contributed by atoms with Crippen LogP contribution in [0, 0.1) is 0 Å². The largest absolute Gasteiger partial charge is 0.497 e. The number of nitrogens with one attached hydrogen (secondary N) is 1. The summed E-state index contributed by atoms with van der Waals surface area (Å²) in [6.45, 7) is 1.55. The Balaban J connectivity index is 2.17. The number of methoxy groups -OCH3 is 1. The van der Waals surface area contributed by atoms with Crippen LogP contribution in [0.2, 0.25) is 0 Å². The first kappa shape index (κ1) is 21.2. The van der Waals surface area contributed by atoms with Gasteiger partial charge in [-0.3, -0.25) is 9.59 Å². The van der Waals surface area contributed by atoms with Gasteiger partial charge in [-0.15, -0.1) is 11.3 Å². The molecule has 1 heterocycles. The van der Waals surface area contributed by atoms with E-state index in [2.05, 4.69) is 5.32 Å². The minimum atomic E-state index is -0.660. The van der Waals surface area contributed by atoms with Crippen molar-refractivity contribution in [3.05, 3.63) is 45.8 Å². The van der Waals surface area contributed by atoms with Crippen LogP contribution in [0.15, 0.2) is 24.3 Å². The summed E-state index contributed by atoms with van der Waals surface area (Å²) < 4.78 is 15.4. The minimum Gasteiger partial charge on any atom is -0.497 e. The maximum Gasteiger partial charge on any atom is 0.341 e. The molecule has 0 fully saturated rings. The maximum absolute atomic E-state index is 12.2. The highest BCUT2D eigenvalue weighted by molar-refractivity contribution is 7.18. The Bertz CT molecular complexity index is 860. The molecule has 1 aromatic carbocycles. The lowest BCUT2D eigenvalue weighted by molar-refractivity contribution is -0.144. The van der Waals surface area contributed by atoms with Crippen LogP contribution in [0.25, 0.3) is 0 Å². The second-order valence-electron chi connectivity index (χ2n) is 5.63. The fourth-order valence-electron chi connectivity index (χ4n) is 2.46. The summed E-state index contributed by atoms with van der Waals surface area (Å²) in [7, 11) is 3.02. The molecule has 1 aromatic heterocycles. The summed E-state index contributed by atoms with van der Waals surface area (Å²) in [5.41, 5.74) is 6.95. The van der Waals surface area contributed by atoms with Crippen LogP contribution in [0.3, 0.4) is 0 Å². The van der Waals surface area contributed by atoms with Gasteiger partial charge in [-0.1, -0.05) is 12.1 Å². The van der Waals surface area contributed by atoms with E-state index in [9.17, 15) is 14.4 Å². The Morgan fingerprint density at radius 2 is 1.82 bits per heavy atom. The third kappa shape index (κ3) is 5.01. The minimum absolute atomic E-state index is 0.0354. The SMILES string of the molecule is CCOC(=O)c1c(N)sc(C(=O)NC)c1COC(=O)Cc1ccc(OC)cc1. The summed E-state index contributed by atoms with van der Waals surface area (Å²) >= 11 is 0.947. The number of esters is 2. The van der Waals surface area contributed by atoms with Gasteiger partial charge < -0.3 is 25.3 Å². The number of thiophene rings is 1. The average Bonchev–Trinajstić information content (AvgIpc) is 3.02. The van der Waals surface area contributed by atoms with Gasteiger partial charge in [0.05, 0.1) is 20.1 Å². The molecule has 0 spiro atoms. The lowest BCUT2D eigenvalue weighted by Crippen LogP contribution is -2.20. The van der Waals surface area contributed by atoms with E-state index in [0.717, 1.165) is 16.9 Å². The summed E-state index contributed by atoms with van der Waals surface area (Å²) in [5, 5.41) is 2.62. The van der Waals surface area contributed by atoms with Crippen molar-refractivity contribution in [3.63, 3.8) is 0 Å². The van der Waals surface area contributed by atoms with Gasteiger partial charge in [-0.2, -0.15) is 0 Å². The van der Waals surface area contributed by atoms with Crippen LogP contribution in [0.1, 0.15) is 38.1 Å². The van der Waals surface area contributed by atoms with E-state index in [1.165, 1.54) is 7.05 Å². The standard InChI is InChI=1S/C19H22N2O6S/c1-4-26-19(24)15-13(16(18(23)21-2)28-17(15)20)10-27-14(22)9-11-5-7-12(25-3)8-6-11/h5-8H,4,9-10,20H2,1-3H3,(H,21,23). The number of carbonyl (C=O) groups excluding carboxylic acids is 3. The molecule has 9 heteroatoms. The quantitative estimate of drug-likeness (QED) is 0.645. The van der Waals surface area contributed by atoms with Gasteiger partial charge in [0.15, 0.2) is 0 Å². The number of nitrogens with two attached hydrogens (primary N) is 1. The second-order valence-corrected chi connectivity index (χ2v) is 6.69. The fourth-order valence-corrected chi connectivity index (χ4v) is 3.47. The van der Waals surface area contributed by atoms with Gasteiger partial charge in [0.25, 0.3) is 5.91 Å². The molecule has 28 heavy (non-hydrogen) atoms. The van der Waals surface area contributed by atoms with Crippen LogP contribution < -0.4 is 15.8 Å². The van der Waals surface area contributed by atoms with Crippen molar-refractivity contribution in [2.24, 2.45) is 0 Å². The Kier molecular flexibility index (Phi) is 7.39. The lowest BCUT2D eigenvalue weighted by Gasteiger charge is -2.09. The van der Waals surface area contributed by atoms with Crippen LogP contribution in [0.5, 0.6) is 5.75 Å². The number of rotatable bonds is 8. The third-order valence-corrected chi connectivity index (χ3v) is 4.89. The third-order valence-electron chi connectivity index (χ3n) is 3.83. The van der Waals surface area contributed by atoms with Crippen molar-refractivity contribution in [2.45, 2.75) is 20.0 Å². The molecular weight excluding hydrogens is 384 g/mol. The van der Waals surface area contributed by atoms with Crippen molar-refractivity contribution < 1.29 is 28.6 Å². The number of carbonyl (C=O) groups is 3. The topological polar surface area (TPSA) is 117 Å². The maximum atomic E-state index is 12.2. The first-order valence-corrected chi connectivity index (χ1v) is 9.31. The molecule has 0 unspecified atom stereocenters. The molecule has 0 saturated carbocycles. The molecule has 0 saturated heterocycles. The Hall–Kier alpha value is -3.07. The highest BCUT2D eigenvalue weighted by Gasteiger charge is 2.27. The molecule has 1 amide bonds. The summed E-state index contributed by atoms with van der Waals surface area (Å²) in [6, 6.07) is 6.99. The number of hydrogen-bond acceptors (Lipinski definition) is 8. The van der Waals surface area contributed by atoms with E-state index in [1.807, 2.05) is 0 Å². The lowest BCUT2D eigenvalue weighted by atomic mass is 10.1. The second kappa shape index (κ2) is 9.75. The molecule has 0 aliphatic rings. The molecule has 0 atom stereocenters. The van der Waals surface area contributed by atoms with Crippen LogP contribution in [-0.2, 0) is 27.3 Å². The molecule has 3 N–H and O–H groups in total. The van der Waals surface area contributed by atoms with Gasteiger partial charge in [0.2, 0.25) is 0 Å². The van der Waals surface area contributed by atoms with E-state index < -0.39 is 17.8 Å². The molecule has 0 radical (unpaired) electrons. The average molecular weight is 406 g/mol. The van der Waals surface area contributed by atoms with Crippen LogP contribution in [-0.4, -0.2) is 38.6 Å². The molecule has 2 rings (SSSR count). The fraction of sp³-hybridized carbons (Fsp3) is 0.316.